The molecule has 15 heavy (non-hydrogen) atoms. The molecule has 1 heterocycles. The standard InChI is InChI=1S/C9H5IN2O3/c10-8-5-15-11-9(8)6-1-3-7(4-2-6)12(13)14/h1-5H. The number of aromatic nitrogens is 1. The van der Waals surface area contributed by atoms with Crippen LogP contribution in [0.25, 0.3) is 11.3 Å². The largest absolute Gasteiger partial charge is 0.363 e. The molecule has 0 radical (unpaired) electrons. The van der Waals surface area contributed by atoms with Crippen molar-refractivity contribution >= 4 is 28.3 Å². The maximum absolute atomic E-state index is 10.4. The molecule has 5 nitrogen and oxygen atoms in total. The highest BCUT2D eigenvalue weighted by Crippen LogP contribution is 2.25. The summed E-state index contributed by atoms with van der Waals surface area (Å²) in [5, 5.41) is 14.2. The maximum atomic E-state index is 10.4. The molecule has 2 rings (SSSR count). The summed E-state index contributed by atoms with van der Waals surface area (Å²) >= 11 is 2.09. The average Bonchev–Trinajstić information content (AvgIpc) is 2.65. The molecule has 1 aromatic carbocycles. The second kappa shape index (κ2) is 3.97. The summed E-state index contributed by atoms with van der Waals surface area (Å²) in [5.74, 6) is 0. The first kappa shape index (κ1) is 10.1. The van der Waals surface area contributed by atoms with Gasteiger partial charge in [0.2, 0.25) is 0 Å². The number of nitro benzene ring substituents is 1. The van der Waals surface area contributed by atoms with Crippen molar-refractivity contribution in [3.05, 3.63) is 44.2 Å². The molecule has 0 aliphatic carbocycles. The minimum Gasteiger partial charge on any atom is -0.363 e. The first-order chi connectivity index (χ1) is 7.18. The topological polar surface area (TPSA) is 69.2 Å². The highest BCUT2D eigenvalue weighted by atomic mass is 127. The Morgan fingerprint density at radius 3 is 2.47 bits per heavy atom. The Bertz CT molecular complexity index is 492. The fourth-order valence-corrected chi connectivity index (χ4v) is 1.68. The summed E-state index contributed by atoms with van der Waals surface area (Å²) in [7, 11) is 0. The van der Waals surface area contributed by atoms with E-state index in [1.807, 2.05) is 0 Å². The monoisotopic (exact) mass is 316 g/mol. The van der Waals surface area contributed by atoms with Gasteiger partial charge in [0.05, 0.1) is 8.49 Å². The zero-order chi connectivity index (χ0) is 10.8. The minimum absolute atomic E-state index is 0.0669. The third-order valence-corrected chi connectivity index (χ3v) is 2.64. The predicted octanol–water partition coefficient (Wildman–Crippen LogP) is 2.85. The van der Waals surface area contributed by atoms with E-state index < -0.39 is 4.92 Å². The van der Waals surface area contributed by atoms with E-state index in [0.717, 1.165) is 9.13 Å². The van der Waals surface area contributed by atoms with Gasteiger partial charge >= 0.3 is 0 Å². The molecule has 0 bridgehead atoms. The third kappa shape index (κ3) is 1.99. The van der Waals surface area contributed by atoms with Crippen LogP contribution in [0.1, 0.15) is 0 Å². The van der Waals surface area contributed by atoms with Crippen LogP contribution >= 0.6 is 22.6 Å². The Balaban J connectivity index is 2.40. The summed E-state index contributed by atoms with van der Waals surface area (Å²) in [6.07, 6.45) is 1.53. The molecule has 6 heteroatoms. The molecular weight excluding hydrogens is 311 g/mol. The number of benzene rings is 1. The summed E-state index contributed by atoms with van der Waals surface area (Å²) in [6, 6.07) is 6.19. The lowest BCUT2D eigenvalue weighted by atomic mass is 10.1. The molecule has 0 saturated heterocycles. The van der Waals surface area contributed by atoms with Gasteiger partial charge in [-0.1, -0.05) is 5.16 Å². The zero-order valence-electron chi connectivity index (χ0n) is 7.38. The van der Waals surface area contributed by atoms with Gasteiger partial charge in [-0.05, 0) is 34.7 Å². The summed E-state index contributed by atoms with van der Waals surface area (Å²) in [4.78, 5) is 10.0. The van der Waals surface area contributed by atoms with Crippen molar-refractivity contribution < 1.29 is 9.45 Å². The number of rotatable bonds is 2. The first-order valence-corrected chi connectivity index (χ1v) is 5.11. The van der Waals surface area contributed by atoms with Crippen molar-refractivity contribution in [2.75, 3.05) is 0 Å². The van der Waals surface area contributed by atoms with Crippen LogP contribution in [0.4, 0.5) is 5.69 Å². The van der Waals surface area contributed by atoms with Crippen molar-refractivity contribution in [2.24, 2.45) is 0 Å². The Morgan fingerprint density at radius 2 is 2.00 bits per heavy atom. The quantitative estimate of drug-likeness (QED) is 0.485. The number of hydrogen-bond donors (Lipinski definition) is 0. The molecule has 0 amide bonds. The van der Waals surface area contributed by atoms with Crippen LogP contribution in [0.5, 0.6) is 0 Å². The molecule has 0 unspecified atom stereocenters. The molecular formula is C9H5IN2O3. The van der Waals surface area contributed by atoms with Crippen LogP contribution in [-0.2, 0) is 0 Å². The Kier molecular flexibility index (Phi) is 2.67. The number of non-ortho nitro benzene ring substituents is 1. The van der Waals surface area contributed by atoms with Gasteiger partial charge in [0.15, 0.2) is 0 Å². The van der Waals surface area contributed by atoms with Crippen LogP contribution in [0.15, 0.2) is 35.1 Å². The lowest BCUT2D eigenvalue weighted by molar-refractivity contribution is -0.384. The molecule has 2 aromatic rings. The van der Waals surface area contributed by atoms with Crippen LogP contribution in [0.2, 0.25) is 0 Å². The molecule has 0 aliphatic rings. The van der Waals surface area contributed by atoms with E-state index >= 15 is 0 Å². The third-order valence-electron chi connectivity index (χ3n) is 1.88. The second-order valence-electron chi connectivity index (χ2n) is 2.82. The fraction of sp³-hybridized carbons (Fsp3) is 0. The van der Waals surface area contributed by atoms with Crippen LogP contribution in [0.3, 0.4) is 0 Å². The Hall–Kier alpha value is -1.44. The van der Waals surface area contributed by atoms with Crippen LogP contribution in [-0.4, -0.2) is 10.1 Å². The van der Waals surface area contributed by atoms with Gasteiger partial charge < -0.3 is 4.52 Å². The summed E-state index contributed by atoms with van der Waals surface area (Å²) < 4.78 is 5.66. The molecule has 0 spiro atoms. The molecule has 0 atom stereocenters. The lowest BCUT2D eigenvalue weighted by Gasteiger charge is -1.95. The van der Waals surface area contributed by atoms with E-state index in [0.29, 0.717) is 5.69 Å². The molecule has 0 N–H and O–H groups in total. The number of hydrogen-bond acceptors (Lipinski definition) is 4. The molecule has 1 aromatic heterocycles. The van der Waals surface area contributed by atoms with Gasteiger partial charge in [-0.25, -0.2) is 0 Å². The van der Waals surface area contributed by atoms with E-state index in [1.165, 1.54) is 18.4 Å². The highest BCUT2D eigenvalue weighted by molar-refractivity contribution is 14.1. The molecule has 0 aliphatic heterocycles. The minimum atomic E-state index is -0.433. The van der Waals surface area contributed by atoms with E-state index in [1.54, 1.807) is 12.1 Å². The van der Waals surface area contributed by atoms with Gasteiger partial charge in [0.1, 0.15) is 12.0 Å². The van der Waals surface area contributed by atoms with Crippen LogP contribution in [0, 0.1) is 13.7 Å². The Morgan fingerprint density at radius 1 is 1.33 bits per heavy atom. The van der Waals surface area contributed by atoms with Crippen molar-refractivity contribution in [3.8, 4) is 11.3 Å². The van der Waals surface area contributed by atoms with E-state index in [4.69, 9.17) is 4.52 Å². The van der Waals surface area contributed by atoms with Crippen LogP contribution < -0.4 is 0 Å². The normalized spacial score (nSPS) is 10.2. The van der Waals surface area contributed by atoms with Gasteiger partial charge in [0.25, 0.3) is 5.69 Å². The average molecular weight is 316 g/mol. The predicted molar refractivity (Wildman–Crippen MR) is 61.3 cm³/mol. The number of nitrogens with zero attached hydrogens (tertiary/aromatic N) is 2. The van der Waals surface area contributed by atoms with Gasteiger partial charge in [-0.15, -0.1) is 0 Å². The molecule has 0 saturated carbocycles. The smallest absolute Gasteiger partial charge is 0.269 e. The van der Waals surface area contributed by atoms with Gasteiger partial charge in [-0.3, -0.25) is 10.1 Å². The van der Waals surface area contributed by atoms with Crippen molar-refractivity contribution in [3.63, 3.8) is 0 Å². The zero-order valence-corrected chi connectivity index (χ0v) is 9.54. The SMILES string of the molecule is O=[N+]([O-])c1ccc(-c2nocc2I)cc1. The second-order valence-corrected chi connectivity index (χ2v) is 3.98. The summed E-state index contributed by atoms with van der Waals surface area (Å²) in [5.41, 5.74) is 1.57. The molecule has 76 valence electrons. The van der Waals surface area contributed by atoms with Gasteiger partial charge in [0, 0.05) is 17.7 Å². The summed E-state index contributed by atoms with van der Waals surface area (Å²) in [6.45, 7) is 0. The Labute approximate surface area is 98.4 Å². The number of halogens is 1. The van der Waals surface area contributed by atoms with E-state index in [-0.39, 0.29) is 5.69 Å². The van der Waals surface area contributed by atoms with Crippen molar-refractivity contribution in [1.29, 1.82) is 0 Å². The van der Waals surface area contributed by atoms with E-state index in [9.17, 15) is 10.1 Å². The highest BCUT2D eigenvalue weighted by Gasteiger charge is 2.09. The van der Waals surface area contributed by atoms with Crippen molar-refractivity contribution in [2.45, 2.75) is 0 Å². The lowest BCUT2D eigenvalue weighted by Crippen LogP contribution is -1.87. The van der Waals surface area contributed by atoms with Gasteiger partial charge in [-0.2, -0.15) is 0 Å². The van der Waals surface area contributed by atoms with E-state index in [2.05, 4.69) is 27.7 Å². The molecule has 0 fully saturated rings. The van der Waals surface area contributed by atoms with Crippen molar-refractivity contribution in [1.82, 2.24) is 5.16 Å². The number of nitro groups is 1. The first-order valence-electron chi connectivity index (χ1n) is 4.03. The fourth-order valence-electron chi connectivity index (χ4n) is 1.16. The maximum Gasteiger partial charge on any atom is 0.269 e.